The summed E-state index contributed by atoms with van der Waals surface area (Å²) in [5.74, 6) is 0.478. The molecule has 0 amide bonds. The molecule has 6 heteroatoms. The first-order valence-corrected chi connectivity index (χ1v) is 8.07. The molecule has 0 saturated heterocycles. The number of hydrogen-bond donors (Lipinski definition) is 2. The summed E-state index contributed by atoms with van der Waals surface area (Å²) in [7, 11) is 0. The Morgan fingerprint density at radius 1 is 1.24 bits per heavy atom. The van der Waals surface area contributed by atoms with Crippen molar-refractivity contribution in [2.24, 2.45) is 0 Å². The number of thioether (sulfide) groups is 1. The molecule has 0 aliphatic rings. The van der Waals surface area contributed by atoms with Crippen LogP contribution in [0.15, 0.2) is 56.6 Å². The molecule has 4 nitrogen and oxygen atoms in total. The Hall–Kier alpha value is -1.79. The van der Waals surface area contributed by atoms with E-state index in [1.807, 2.05) is 42.5 Å². The number of aromatic amines is 1. The van der Waals surface area contributed by atoms with Crippen LogP contribution in [0.4, 0.5) is 5.69 Å². The summed E-state index contributed by atoms with van der Waals surface area (Å²) in [5.41, 5.74) is 8.53. The summed E-state index contributed by atoms with van der Waals surface area (Å²) in [5, 5.41) is 0. The average molecular weight is 362 g/mol. The lowest BCUT2D eigenvalue weighted by molar-refractivity contribution is 1.10. The van der Waals surface area contributed by atoms with Crippen molar-refractivity contribution in [2.45, 2.75) is 10.6 Å². The number of nitrogens with one attached hydrogen (secondary N) is 1. The van der Waals surface area contributed by atoms with Crippen LogP contribution in [-0.4, -0.2) is 9.97 Å². The topological polar surface area (TPSA) is 71.8 Å². The van der Waals surface area contributed by atoms with Crippen LogP contribution in [0, 0.1) is 0 Å². The maximum absolute atomic E-state index is 12.0. The van der Waals surface area contributed by atoms with Crippen LogP contribution in [-0.2, 0) is 5.75 Å². The molecule has 3 rings (SSSR count). The average Bonchev–Trinajstić information content (AvgIpc) is 2.46. The maximum Gasteiger partial charge on any atom is 0.271 e. The van der Waals surface area contributed by atoms with Crippen molar-refractivity contribution in [3.63, 3.8) is 0 Å². The van der Waals surface area contributed by atoms with Gasteiger partial charge in [0.05, 0.1) is 11.0 Å². The number of hydrogen-bond acceptors (Lipinski definition) is 4. The van der Waals surface area contributed by atoms with E-state index in [-0.39, 0.29) is 5.56 Å². The minimum Gasteiger partial charge on any atom is -0.398 e. The van der Waals surface area contributed by atoms with Gasteiger partial charge in [0, 0.05) is 20.8 Å². The van der Waals surface area contributed by atoms with E-state index >= 15 is 0 Å². The Balaban J connectivity index is 1.88. The molecule has 0 atom stereocenters. The molecule has 1 heterocycles. The summed E-state index contributed by atoms with van der Waals surface area (Å²) < 4.78 is 0.936. The van der Waals surface area contributed by atoms with Crippen LogP contribution < -0.4 is 11.3 Å². The molecule has 0 aliphatic heterocycles. The molecular weight excluding hydrogens is 350 g/mol. The summed E-state index contributed by atoms with van der Waals surface area (Å²) in [6.45, 7) is 0. The minimum atomic E-state index is -0.156. The number of fused-ring (bicyclic) bond motifs is 1. The molecule has 0 fully saturated rings. The second kappa shape index (κ2) is 5.91. The molecule has 1 aromatic heterocycles. The van der Waals surface area contributed by atoms with Gasteiger partial charge in [0.15, 0.2) is 0 Å². The fraction of sp³-hybridized carbons (Fsp3) is 0.0667. The molecule has 0 bridgehead atoms. The fourth-order valence-electron chi connectivity index (χ4n) is 1.96. The van der Waals surface area contributed by atoms with E-state index in [0.29, 0.717) is 17.1 Å². The third-order valence-electron chi connectivity index (χ3n) is 3.01. The van der Waals surface area contributed by atoms with E-state index in [9.17, 15) is 4.79 Å². The number of nitrogens with two attached hydrogens (primary N) is 1. The monoisotopic (exact) mass is 361 g/mol. The predicted octanol–water partition coefficient (Wildman–Crippen LogP) is 3.56. The Kier molecular flexibility index (Phi) is 3.98. The first kappa shape index (κ1) is 14.2. The number of benzene rings is 2. The van der Waals surface area contributed by atoms with Crippen molar-refractivity contribution in [1.29, 1.82) is 0 Å². The van der Waals surface area contributed by atoms with Gasteiger partial charge in [0.25, 0.3) is 5.56 Å². The van der Waals surface area contributed by atoms with Crippen LogP contribution in [0.5, 0.6) is 0 Å². The van der Waals surface area contributed by atoms with Crippen LogP contribution in [0.2, 0.25) is 0 Å². The van der Waals surface area contributed by atoms with Gasteiger partial charge >= 0.3 is 0 Å². The Morgan fingerprint density at radius 2 is 2.05 bits per heavy atom. The zero-order chi connectivity index (χ0) is 14.8. The predicted molar refractivity (Wildman–Crippen MR) is 90.5 cm³/mol. The molecule has 0 spiro atoms. The zero-order valence-electron chi connectivity index (χ0n) is 11.0. The number of rotatable bonds is 3. The van der Waals surface area contributed by atoms with E-state index < -0.39 is 0 Å². The highest BCUT2D eigenvalue weighted by Crippen LogP contribution is 2.29. The van der Waals surface area contributed by atoms with E-state index in [2.05, 4.69) is 25.9 Å². The summed E-state index contributed by atoms with van der Waals surface area (Å²) in [6.07, 6.45) is 0. The van der Waals surface area contributed by atoms with Gasteiger partial charge in [0.2, 0.25) is 0 Å². The van der Waals surface area contributed by atoms with Gasteiger partial charge in [-0.3, -0.25) is 4.79 Å². The van der Waals surface area contributed by atoms with Crippen molar-refractivity contribution in [1.82, 2.24) is 9.97 Å². The van der Waals surface area contributed by atoms with Crippen molar-refractivity contribution >= 4 is 44.4 Å². The van der Waals surface area contributed by atoms with Crippen molar-refractivity contribution < 1.29 is 0 Å². The molecule has 2 aromatic carbocycles. The van der Waals surface area contributed by atoms with E-state index in [4.69, 9.17) is 5.73 Å². The van der Waals surface area contributed by atoms with Crippen molar-refractivity contribution in [3.05, 3.63) is 63.0 Å². The molecule has 0 aliphatic carbocycles. The van der Waals surface area contributed by atoms with Crippen molar-refractivity contribution in [3.8, 4) is 0 Å². The quantitative estimate of drug-likeness (QED) is 0.552. The van der Waals surface area contributed by atoms with Gasteiger partial charge in [-0.1, -0.05) is 28.1 Å². The largest absolute Gasteiger partial charge is 0.398 e. The first-order valence-electron chi connectivity index (χ1n) is 6.29. The molecular formula is C15H12BrN3OS. The van der Waals surface area contributed by atoms with E-state index in [0.717, 1.165) is 20.4 Å². The highest BCUT2D eigenvalue weighted by atomic mass is 79.9. The van der Waals surface area contributed by atoms with E-state index in [1.54, 1.807) is 0 Å². The summed E-state index contributed by atoms with van der Waals surface area (Å²) in [6, 6.07) is 13.2. The fourth-order valence-corrected chi connectivity index (χ4v) is 3.22. The first-order chi connectivity index (χ1) is 10.1. The second-order valence-electron chi connectivity index (χ2n) is 4.50. The SMILES string of the molecule is Nc1cc(Br)ccc1SCc1nc2ccccc2[nH]c1=O. The number of nitrogen functional groups attached to an aromatic ring is 1. The van der Waals surface area contributed by atoms with Gasteiger partial charge < -0.3 is 10.7 Å². The number of H-pyrrole nitrogens is 1. The van der Waals surface area contributed by atoms with Crippen molar-refractivity contribution in [2.75, 3.05) is 5.73 Å². The molecule has 106 valence electrons. The van der Waals surface area contributed by atoms with Crippen LogP contribution in [0.3, 0.4) is 0 Å². The number of para-hydroxylation sites is 2. The normalized spacial score (nSPS) is 10.9. The lowest BCUT2D eigenvalue weighted by atomic mass is 10.3. The molecule has 3 N–H and O–H groups in total. The molecule has 0 saturated carbocycles. The lowest BCUT2D eigenvalue weighted by Gasteiger charge is -2.06. The van der Waals surface area contributed by atoms with Crippen LogP contribution in [0.1, 0.15) is 5.69 Å². The molecule has 3 aromatic rings. The molecule has 0 unspecified atom stereocenters. The van der Waals surface area contributed by atoms with E-state index in [1.165, 1.54) is 11.8 Å². The van der Waals surface area contributed by atoms with Gasteiger partial charge in [0.1, 0.15) is 5.69 Å². The van der Waals surface area contributed by atoms with Gasteiger partial charge in [-0.05, 0) is 30.3 Å². The Bertz CT molecular complexity index is 863. The number of anilines is 1. The third kappa shape index (κ3) is 3.11. The number of aromatic nitrogens is 2. The standard InChI is InChI=1S/C15H12BrN3OS/c16-9-5-6-14(10(17)7-9)21-8-13-15(20)19-12-4-2-1-3-11(12)18-13/h1-7H,8,17H2,(H,19,20). The number of nitrogens with zero attached hydrogens (tertiary/aromatic N) is 1. The summed E-state index contributed by atoms with van der Waals surface area (Å²) >= 11 is 4.88. The maximum atomic E-state index is 12.0. The highest BCUT2D eigenvalue weighted by Gasteiger charge is 2.07. The van der Waals surface area contributed by atoms with Gasteiger partial charge in [-0.2, -0.15) is 0 Å². The Labute approximate surface area is 133 Å². The minimum absolute atomic E-state index is 0.156. The number of halogens is 1. The molecule has 0 radical (unpaired) electrons. The smallest absolute Gasteiger partial charge is 0.271 e. The van der Waals surface area contributed by atoms with Crippen LogP contribution in [0.25, 0.3) is 11.0 Å². The van der Waals surface area contributed by atoms with Gasteiger partial charge in [-0.15, -0.1) is 11.8 Å². The molecule has 21 heavy (non-hydrogen) atoms. The van der Waals surface area contributed by atoms with Crippen LogP contribution >= 0.6 is 27.7 Å². The Morgan fingerprint density at radius 3 is 2.86 bits per heavy atom. The second-order valence-corrected chi connectivity index (χ2v) is 6.43. The summed E-state index contributed by atoms with van der Waals surface area (Å²) in [4.78, 5) is 20.2. The lowest BCUT2D eigenvalue weighted by Crippen LogP contribution is -2.14. The zero-order valence-corrected chi connectivity index (χ0v) is 13.4. The highest BCUT2D eigenvalue weighted by molar-refractivity contribution is 9.10. The third-order valence-corrected chi connectivity index (χ3v) is 4.60. The van der Waals surface area contributed by atoms with Gasteiger partial charge in [-0.25, -0.2) is 4.98 Å².